The third kappa shape index (κ3) is 5.80. The summed E-state index contributed by atoms with van der Waals surface area (Å²) in [5.74, 6) is 1.96. The van der Waals surface area contributed by atoms with Crippen molar-refractivity contribution in [2.24, 2.45) is 5.92 Å². The molecule has 0 amide bonds. The standard InChI is InChI=1S/C16H27NO3/c1-4-20-15-8-7-14(10-16(15)19-3)11-17-9-5-6-13(2)12-18/h7-8,10,13,17-18H,4-6,9,11-12H2,1-3H3. The first-order chi connectivity index (χ1) is 9.71. The molecular weight excluding hydrogens is 254 g/mol. The van der Waals surface area contributed by atoms with E-state index in [1.807, 2.05) is 19.1 Å². The highest BCUT2D eigenvalue weighted by atomic mass is 16.5. The van der Waals surface area contributed by atoms with E-state index in [-0.39, 0.29) is 6.61 Å². The number of rotatable bonds is 10. The van der Waals surface area contributed by atoms with E-state index in [0.717, 1.165) is 37.4 Å². The van der Waals surface area contributed by atoms with Gasteiger partial charge in [-0.15, -0.1) is 0 Å². The number of aliphatic hydroxyl groups excluding tert-OH is 1. The molecule has 1 aromatic rings. The van der Waals surface area contributed by atoms with Gasteiger partial charge in [0.25, 0.3) is 0 Å². The van der Waals surface area contributed by atoms with Gasteiger partial charge in [0.1, 0.15) is 0 Å². The van der Waals surface area contributed by atoms with E-state index in [4.69, 9.17) is 14.6 Å². The Balaban J connectivity index is 2.37. The van der Waals surface area contributed by atoms with Gasteiger partial charge in [-0.1, -0.05) is 13.0 Å². The Bertz CT molecular complexity index is 382. The van der Waals surface area contributed by atoms with E-state index < -0.39 is 0 Å². The Morgan fingerprint density at radius 2 is 2.10 bits per heavy atom. The van der Waals surface area contributed by atoms with Crippen LogP contribution in [0.25, 0.3) is 0 Å². The molecular formula is C16H27NO3. The molecule has 20 heavy (non-hydrogen) atoms. The third-order valence-corrected chi connectivity index (χ3v) is 3.22. The lowest BCUT2D eigenvalue weighted by atomic mass is 10.1. The highest BCUT2D eigenvalue weighted by molar-refractivity contribution is 5.42. The summed E-state index contributed by atoms with van der Waals surface area (Å²) in [6, 6.07) is 6.01. The van der Waals surface area contributed by atoms with Gasteiger partial charge < -0.3 is 19.9 Å². The van der Waals surface area contributed by atoms with Gasteiger partial charge in [0.15, 0.2) is 11.5 Å². The van der Waals surface area contributed by atoms with Crippen LogP contribution in [-0.2, 0) is 6.54 Å². The number of hydrogen-bond acceptors (Lipinski definition) is 4. The zero-order valence-corrected chi connectivity index (χ0v) is 12.8. The molecule has 0 fully saturated rings. The van der Waals surface area contributed by atoms with Gasteiger partial charge in [0.2, 0.25) is 0 Å². The molecule has 1 unspecified atom stereocenters. The molecule has 2 N–H and O–H groups in total. The van der Waals surface area contributed by atoms with E-state index in [0.29, 0.717) is 12.5 Å². The summed E-state index contributed by atoms with van der Waals surface area (Å²) in [5.41, 5.74) is 1.18. The molecule has 1 atom stereocenters. The minimum absolute atomic E-state index is 0.274. The Morgan fingerprint density at radius 3 is 2.75 bits per heavy atom. The van der Waals surface area contributed by atoms with Gasteiger partial charge >= 0.3 is 0 Å². The summed E-state index contributed by atoms with van der Waals surface area (Å²) in [6.45, 7) is 6.71. The van der Waals surface area contributed by atoms with Crippen molar-refractivity contribution in [3.63, 3.8) is 0 Å². The van der Waals surface area contributed by atoms with Crippen LogP contribution in [0.1, 0.15) is 32.3 Å². The third-order valence-electron chi connectivity index (χ3n) is 3.22. The molecule has 0 heterocycles. The Kier molecular flexibility index (Phi) is 8.07. The highest BCUT2D eigenvalue weighted by Gasteiger charge is 2.05. The first-order valence-electron chi connectivity index (χ1n) is 7.32. The second-order valence-corrected chi connectivity index (χ2v) is 5.02. The first-order valence-corrected chi connectivity index (χ1v) is 7.32. The molecule has 0 aliphatic carbocycles. The molecule has 0 aliphatic heterocycles. The van der Waals surface area contributed by atoms with Crippen molar-refractivity contribution in [2.45, 2.75) is 33.2 Å². The van der Waals surface area contributed by atoms with Crippen molar-refractivity contribution in [1.82, 2.24) is 5.32 Å². The van der Waals surface area contributed by atoms with E-state index in [1.165, 1.54) is 5.56 Å². The van der Waals surface area contributed by atoms with Gasteiger partial charge in [0, 0.05) is 13.2 Å². The minimum Gasteiger partial charge on any atom is -0.493 e. The minimum atomic E-state index is 0.274. The second-order valence-electron chi connectivity index (χ2n) is 5.02. The maximum absolute atomic E-state index is 8.95. The zero-order chi connectivity index (χ0) is 14.8. The van der Waals surface area contributed by atoms with E-state index in [9.17, 15) is 0 Å². The lowest BCUT2D eigenvalue weighted by Crippen LogP contribution is -2.16. The largest absolute Gasteiger partial charge is 0.493 e. The molecule has 0 saturated carbocycles. The van der Waals surface area contributed by atoms with Crippen LogP contribution in [-0.4, -0.2) is 32.0 Å². The lowest BCUT2D eigenvalue weighted by molar-refractivity contribution is 0.228. The van der Waals surface area contributed by atoms with Crippen LogP contribution in [0.4, 0.5) is 0 Å². The molecule has 114 valence electrons. The van der Waals surface area contributed by atoms with E-state index in [2.05, 4.69) is 18.3 Å². The van der Waals surface area contributed by atoms with Crippen molar-refractivity contribution in [3.05, 3.63) is 23.8 Å². The van der Waals surface area contributed by atoms with Crippen molar-refractivity contribution in [3.8, 4) is 11.5 Å². The molecule has 0 saturated heterocycles. The van der Waals surface area contributed by atoms with Crippen LogP contribution in [0.2, 0.25) is 0 Å². The van der Waals surface area contributed by atoms with Crippen LogP contribution < -0.4 is 14.8 Å². The fourth-order valence-corrected chi connectivity index (χ4v) is 2.00. The molecule has 0 bridgehead atoms. The SMILES string of the molecule is CCOc1ccc(CNCCCC(C)CO)cc1OC. The molecule has 0 spiro atoms. The zero-order valence-electron chi connectivity index (χ0n) is 12.8. The fourth-order valence-electron chi connectivity index (χ4n) is 2.00. The van der Waals surface area contributed by atoms with Crippen LogP contribution >= 0.6 is 0 Å². The topological polar surface area (TPSA) is 50.7 Å². The summed E-state index contributed by atoms with van der Waals surface area (Å²) >= 11 is 0. The van der Waals surface area contributed by atoms with Crippen molar-refractivity contribution in [1.29, 1.82) is 0 Å². The summed E-state index contributed by atoms with van der Waals surface area (Å²) in [7, 11) is 1.66. The molecule has 0 aliphatic rings. The van der Waals surface area contributed by atoms with Gasteiger partial charge in [-0.2, -0.15) is 0 Å². The number of benzene rings is 1. The second kappa shape index (κ2) is 9.61. The highest BCUT2D eigenvalue weighted by Crippen LogP contribution is 2.27. The maximum atomic E-state index is 8.95. The van der Waals surface area contributed by atoms with Crippen LogP contribution in [0.5, 0.6) is 11.5 Å². The van der Waals surface area contributed by atoms with Crippen molar-refractivity contribution < 1.29 is 14.6 Å². The average Bonchev–Trinajstić information content (AvgIpc) is 2.48. The summed E-state index contributed by atoms with van der Waals surface area (Å²) in [4.78, 5) is 0. The van der Waals surface area contributed by atoms with Gasteiger partial charge in [-0.05, 0) is 49.9 Å². The van der Waals surface area contributed by atoms with Gasteiger partial charge in [-0.3, -0.25) is 0 Å². The molecule has 1 aromatic carbocycles. The quantitative estimate of drug-likeness (QED) is 0.647. The monoisotopic (exact) mass is 281 g/mol. The average molecular weight is 281 g/mol. The number of nitrogens with one attached hydrogen (secondary N) is 1. The Morgan fingerprint density at radius 1 is 1.30 bits per heavy atom. The van der Waals surface area contributed by atoms with Crippen LogP contribution in [0, 0.1) is 5.92 Å². The Hall–Kier alpha value is -1.26. The molecule has 0 aromatic heterocycles. The van der Waals surface area contributed by atoms with Gasteiger partial charge in [-0.25, -0.2) is 0 Å². The smallest absolute Gasteiger partial charge is 0.161 e. The molecule has 0 radical (unpaired) electrons. The summed E-state index contributed by atoms with van der Waals surface area (Å²) < 4.78 is 10.8. The Labute approximate surface area is 122 Å². The summed E-state index contributed by atoms with van der Waals surface area (Å²) in [6.07, 6.45) is 2.13. The van der Waals surface area contributed by atoms with Crippen molar-refractivity contribution >= 4 is 0 Å². The first kappa shape index (κ1) is 16.8. The number of ether oxygens (including phenoxy) is 2. The molecule has 1 rings (SSSR count). The molecule has 4 heteroatoms. The summed E-state index contributed by atoms with van der Waals surface area (Å²) in [5, 5.41) is 12.4. The fraction of sp³-hybridized carbons (Fsp3) is 0.625. The predicted octanol–water partition coefficient (Wildman–Crippen LogP) is 2.59. The van der Waals surface area contributed by atoms with Crippen molar-refractivity contribution in [2.75, 3.05) is 26.9 Å². The number of hydrogen-bond donors (Lipinski definition) is 2. The van der Waals surface area contributed by atoms with Crippen LogP contribution in [0.15, 0.2) is 18.2 Å². The van der Waals surface area contributed by atoms with E-state index in [1.54, 1.807) is 7.11 Å². The number of methoxy groups -OCH3 is 1. The molecule has 4 nitrogen and oxygen atoms in total. The van der Waals surface area contributed by atoms with Gasteiger partial charge in [0.05, 0.1) is 13.7 Å². The van der Waals surface area contributed by atoms with E-state index >= 15 is 0 Å². The number of aliphatic hydroxyl groups is 1. The van der Waals surface area contributed by atoms with Crippen LogP contribution in [0.3, 0.4) is 0 Å². The lowest BCUT2D eigenvalue weighted by Gasteiger charge is -2.12. The maximum Gasteiger partial charge on any atom is 0.161 e. The normalized spacial score (nSPS) is 12.2. The predicted molar refractivity (Wildman–Crippen MR) is 81.4 cm³/mol.